The van der Waals surface area contributed by atoms with Gasteiger partial charge in [-0.25, -0.2) is 4.79 Å². The molecule has 0 bridgehead atoms. The lowest BCUT2D eigenvalue weighted by atomic mass is 10.0. The maximum Gasteiger partial charge on any atom is 0.416 e. The maximum absolute atomic E-state index is 13.5. The summed E-state index contributed by atoms with van der Waals surface area (Å²) in [6, 6.07) is 18.5. The first kappa shape index (κ1) is 35.3. The largest absolute Gasteiger partial charge is 0.462 e. The fraction of sp³-hybridized carbons (Fsp3) is 0.250. The Morgan fingerprint density at radius 1 is 0.875 bits per heavy atom. The molecule has 1 heterocycles. The van der Waals surface area contributed by atoms with E-state index >= 15 is 0 Å². The van der Waals surface area contributed by atoms with Gasteiger partial charge >= 0.3 is 18.1 Å². The topological polar surface area (TPSA) is 115 Å². The van der Waals surface area contributed by atoms with Crippen LogP contribution in [0.4, 0.5) is 18.9 Å². The Kier molecular flexibility index (Phi) is 11.3. The van der Waals surface area contributed by atoms with Crippen LogP contribution in [0.5, 0.6) is 5.75 Å². The van der Waals surface area contributed by atoms with Gasteiger partial charge in [-0.1, -0.05) is 18.2 Å². The van der Waals surface area contributed by atoms with Gasteiger partial charge in [0.2, 0.25) is 0 Å². The molecule has 250 valence electrons. The van der Waals surface area contributed by atoms with Crippen LogP contribution in [0.3, 0.4) is 0 Å². The van der Waals surface area contributed by atoms with Crippen molar-refractivity contribution in [2.45, 2.75) is 39.3 Å². The minimum atomic E-state index is -4.51. The summed E-state index contributed by atoms with van der Waals surface area (Å²) in [7, 11) is 3.14. The number of anilines is 1. The highest BCUT2D eigenvalue weighted by atomic mass is 19.4. The number of rotatable bonds is 11. The molecule has 4 rings (SSSR count). The van der Waals surface area contributed by atoms with Crippen molar-refractivity contribution in [3.05, 3.63) is 112 Å². The minimum absolute atomic E-state index is 0.0855. The molecule has 0 fully saturated rings. The molecule has 0 aliphatic heterocycles. The van der Waals surface area contributed by atoms with Gasteiger partial charge in [-0.05, 0) is 92.9 Å². The zero-order valence-corrected chi connectivity index (χ0v) is 26.8. The lowest BCUT2D eigenvalue weighted by Crippen LogP contribution is -2.24. The van der Waals surface area contributed by atoms with Gasteiger partial charge in [0, 0.05) is 31.8 Å². The molecule has 0 spiro atoms. The molecule has 0 saturated carbocycles. The molecule has 0 unspecified atom stereocenters. The smallest absolute Gasteiger partial charge is 0.416 e. The molecular formula is C36H34F3N3O6. The highest BCUT2D eigenvalue weighted by Crippen LogP contribution is 2.32. The molecule has 1 aromatic heterocycles. The Morgan fingerprint density at radius 3 is 2.19 bits per heavy atom. The molecule has 9 nitrogen and oxygen atoms in total. The first-order valence-electron chi connectivity index (χ1n) is 15.1. The molecule has 0 aliphatic carbocycles. The molecule has 0 atom stereocenters. The van der Waals surface area contributed by atoms with Crippen LogP contribution in [0.25, 0.3) is 11.3 Å². The Morgan fingerprint density at radius 2 is 1.56 bits per heavy atom. The number of hydrogen-bond acceptors (Lipinski definition) is 7. The van der Waals surface area contributed by atoms with Crippen molar-refractivity contribution in [1.29, 1.82) is 0 Å². The van der Waals surface area contributed by atoms with Crippen LogP contribution in [0, 0.1) is 6.92 Å². The third-order valence-corrected chi connectivity index (χ3v) is 7.18. The summed E-state index contributed by atoms with van der Waals surface area (Å²) in [5.41, 5.74) is 1.90. The van der Waals surface area contributed by atoms with Crippen molar-refractivity contribution in [1.82, 2.24) is 9.88 Å². The Hall–Kier alpha value is -5.52. The average molecular weight is 662 g/mol. The highest BCUT2D eigenvalue weighted by molar-refractivity contribution is 6.11. The second kappa shape index (κ2) is 15.4. The number of esters is 2. The summed E-state index contributed by atoms with van der Waals surface area (Å²) >= 11 is 0. The number of ether oxygens (including phenoxy) is 2. The molecule has 48 heavy (non-hydrogen) atoms. The number of alkyl halides is 3. The Balaban J connectivity index is 1.46. The molecule has 3 aromatic carbocycles. The van der Waals surface area contributed by atoms with Gasteiger partial charge in [0.25, 0.3) is 11.8 Å². The molecule has 12 heteroatoms. The van der Waals surface area contributed by atoms with E-state index in [-0.39, 0.29) is 47.2 Å². The normalized spacial score (nSPS) is 11.1. The van der Waals surface area contributed by atoms with Crippen LogP contribution in [-0.2, 0) is 22.1 Å². The van der Waals surface area contributed by atoms with Crippen molar-refractivity contribution < 1.29 is 41.8 Å². The zero-order valence-electron chi connectivity index (χ0n) is 26.8. The second-order valence-electron chi connectivity index (χ2n) is 11.0. The van der Waals surface area contributed by atoms with E-state index < -0.39 is 29.6 Å². The molecule has 0 radical (unpaired) electrons. The van der Waals surface area contributed by atoms with Crippen LogP contribution < -0.4 is 10.1 Å². The highest BCUT2D eigenvalue weighted by Gasteiger charge is 2.30. The van der Waals surface area contributed by atoms with E-state index in [0.29, 0.717) is 29.7 Å². The summed E-state index contributed by atoms with van der Waals surface area (Å²) in [4.78, 5) is 56.7. The molecular weight excluding hydrogens is 627 g/mol. The number of carbonyl (C=O) groups excluding carboxylic acids is 4. The Labute approximate surface area is 275 Å². The monoisotopic (exact) mass is 661 g/mol. The van der Waals surface area contributed by atoms with E-state index in [1.54, 1.807) is 52.2 Å². The molecule has 0 saturated heterocycles. The number of amides is 2. The summed E-state index contributed by atoms with van der Waals surface area (Å²) in [6.45, 7) is 3.66. The zero-order chi connectivity index (χ0) is 35.0. The standard InChI is InChI=1S/C36H34F3N3O6/c1-5-47-35(46)25-13-17-27(18-14-25)48-31(43)8-6-7-23-10-20-30(29(21-23)34(45)42(3)4)41-33(44)28-19-9-22(2)40-32(28)24-11-15-26(16-12-24)36(37,38)39/h9-21H,5-8H2,1-4H3,(H,41,44). The first-order valence-corrected chi connectivity index (χ1v) is 15.1. The van der Waals surface area contributed by atoms with Crippen molar-refractivity contribution in [3.8, 4) is 17.0 Å². The molecule has 0 aliphatic rings. The second-order valence-corrected chi connectivity index (χ2v) is 11.0. The quantitative estimate of drug-likeness (QED) is 0.134. The molecule has 1 N–H and O–H groups in total. The number of halogens is 3. The Bertz CT molecular complexity index is 1800. The average Bonchev–Trinajstić information content (AvgIpc) is 3.05. The first-order chi connectivity index (χ1) is 22.8. The summed E-state index contributed by atoms with van der Waals surface area (Å²) in [5.74, 6) is -1.62. The number of aromatic nitrogens is 1. The summed E-state index contributed by atoms with van der Waals surface area (Å²) < 4.78 is 49.6. The number of nitrogens with one attached hydrogen (secondary N) is 1. The summed E-state index contributed by atoms with van der Waals surface area (Å²) in [5, 5.41) is 2.77. The lowest BCUT2D eigenvalue weighted by Gasteiger charge is -2.17. The molecule has 4 aromatic rings. The maximum atomic E-state index is 13.5. The van der Waals surface area contributed by atoms with E-state index in [0.717, 1.165) is 17.7 Å². The van der Waals surface area contributed by atoms with E-state index in [1.165, 1.54) is 47.4 Å². The van der Waals surface area contributed by atoms with Crippen LogP contribution >= 0.6 is 0 Å². The van der Waals surface area contributed by atoms with E-state index in [1.807, 2.05) is 0 Å². The number of carbonyl (C=O) groups is 4. The third-order valence-electron chi connectivity index (χ3n) is 7.18. The number of aryl methyl sites for hydroxylation is 2. The van der Waals surface area contributed by atoms with Gasteiger partial charge in [0.1, 0.15) is 5.75 Å². The number of benzene rings is 3. The number of nitrogens with zero attached hydrogens (tertiary/aromatic N) is 2. The minimum Gasteiger partial charge on any atom is -0.462 e. The number of pyridine rings is 1. The van der Waals surface area contributed by atoms with Crippen LogP contribution in [0.1, 0.15) is 67.7 Å². The fourth-order valence-corrected chi connectivity index (χ4v) is 4.73. The van der Waals surface area contributed by atoms with Gasteiger partial charge in [-0.3, -0.25) is 19.4 Å². The fourth-order valence-electron chi connectivity index (χ4n) is 4.73. The van der Waals surface area contributed by atoms with Crippen molar-refractivity contribution in [2.75, 3.05) is 26.0 Å². The van der Waals surface area contributed by atoms with Gasteiger partial charge in [-0.2, -0.15) is 13.2 Å². The van der Waals surface area contributed by atoms with Crippen LogP contribution in [0.2, 0.25) is 0 Å². The summed E-state index contributed by atoms with van der Waals surface area (Å²) in [6.07, 6.45) is -3.59. The van der Waals surface area contributed by atoms with Crippen LogP contribution in [0.15, 0.2) is 78.9 Å². The van der Waals surface area contributed by atoms with E-state index in [2.05, 4.69) is 10.3 Å². The van der Waals surface area contributed by atoms with Crippen molar-refractivity contribution in [2.24, 2.45) is 0 Å². The predicted molar refractivity (Wildman–Crippen MR) is 173 cm³/mol. The van der Waals surface area contributed by atoms with Gasteiger partial charge in [-0.15, -0.1) is 0 Å². The molecule has 2 amide bonds. The van der Waals surface area contributed by atoms with E-state index in [9.17, 15) is 32.3 Å². The van der Waals surface area contributed by atoms with Gasteiger partial charge in [0.15, 0.2) is 0 Å². The van der Waals surface area contributed by atoms with Gasteiger partial charge < -0.3 is 19.7 Å². The van der Waals surface area contributed by atoms with Crippen molar-refractivity contribution >= 4 is 29.4 Å². The van der Waals surface area contributed by atoms with E-state index in [4.69, 9.17) is 9.47 Å². The third kappa shape index (κ3) is 9.05. The van der Waals surface area contributed by atoms with Gasteiger partial charge in [0.05, 0.1) is 40.2 Å². The van der Waals surface area contributed by atoms with Crippen molar-refractivity contribution in [3.63, 3.8) is 0 Å². The van der Waals surface area contributed by atoms with Crippen LogP contribution in [-0.4, -0.2) is 54.3 Å². The lowest BCUT2D eigenvalue weighted by molar-refractivity contribution is -0.137. The number of hydrogen-bond donors (Lipinski definition) is 1. The predicted octanol–water partition coefficient (Wildman–Crippen LogP) is 7.13. The SMILES string of the molecule is CCOC(=O)c1ccc(OC(=O)CCCc2ccc(NC(=O)c3ccc(C)nc3-c3ccc(C(F)(F)F)cc3)c(C(=O)N(C)C)c2)cc1.